The number of benzene rings is 4. The van der Waals surface area contributed by atoms with E-state index < -0.39 is 11.7 Å². The van der Waals surface area contributed by atoms with Crippen LogP contribution in [0.4, 0.5) is 22.9 Å². The fourth-order valence-corrected chi connectivity index (χ4v) is 4.50. The van der Waals surface area contributed by atoms with E-state index in [2.05, 4.69) is 30.9 Å². The Kier molecular flexibility index (Phi) is 7.53. The van der Waals surface area contributed by atoms with Gasteiger partial charge in [-0.1, -0.05) is 48.5 Å². The zero-order valence-corrected chi connectivity index (χ0v) is 22.9. The number of amides is 2. The number of azo groups is 1. The fraction of sp³-hybridized carbons (Fsp3) is 0. The Morgan fingerprint density at radius 2 is 1.50 bits per heavy atom. The van der Waals surface area contributed by atoms with Crippen LogP contribution in [0.5, 0.6) is 5.75 Å². The highest BCUT2D eigenvalue weighted by Crippen LogP contribution is 2.40. The molecule has 0 saturated carbocycles. The summed E-state index contributed by atoms with van der Waals surface area (Å²) in [7, 11) is 0. The van der Waals surface area contributed by atoms with Crippen molar-refractivity contribution < 1.29 is 14.7 Å². The SMILES string of the molecule is N#Cc1cnn(-c2ccccn2)c1N=Nc1c(O)c(C(=O)Nc2ccccc2)cc2cc(C(=O)Nc3ccccc3)ccc12. The maximum Gasteiger partial charge on any atom is 0.259 e. The first-order valence-corrected chi connectivity index (χ1v) is 13.4. The first-order valence-electron chi connectivity index (χ1n) is 13.4. The third kappa shape index (κ3) is 5.59. The summed E-state index contributed by atoms with van der Waals surface area (Å²) in [5.74, 6) is -0.901. The molecule has 0 aliphatic carbocycles. The molecule has 0 atom stereocenters. The van der Waals surface area contributed by atoms with Crippen LogP contribution in [0.3, 0.4) is 0 Å². The van der Waals surface area contributed by atoms with Crippen LogP contribution in [0, 0.1) is 11.3 Å². The number of carbonyl (C=O) groups excluding carboxylic acids is 2. The first-order chi connectivity index (χ1) is 21.5. The molecule has 0 aliphatic rings. The lowest BCUT2D eigenvalue weighted by Crippen LogP contribution is -2.13. The molecule has 0 saturated heterocycles. The van der Waals surface area contributed by atoms with Gasteiger partial charge in [0.2, 0.25) is 0 Å². The monoisotopic (exact) mass is 578 g/mol. The van der Waals surface area contributed by atoms with Crippen molar-refractivity contribution >= 4 is 45.5 Å². The number of phenols is 1. The minimum atomic E-state index is -0.595. The van der Waals surface area contributed by atoms with Crippen molar-refractivity contribution in [3.8, 4) is 17.6 Å². The molecule has 2 amide bonds. The Morgan fingerprint density at radius 3 is 2.16 bits per heavy atom. The van der Waals surface area contributed by atoms with Gasteiger partial charge in [-0.2, -0.15) is 15.0 Å². The zero-order chi connectivity index (χ0) is 30.5. The molecular weight excluding hydrogens is 556 g/mol. The summed E-state index contributed by atoms with van der Waals surface area (Å²) in [6, 6.07) is 31.3. The minimum Gasteiger partial charge on any atom is -0.505 e. The van der Waals surface area contributed by atoms with Crippen molar-refractivity contribution in [2.24, 2.45) is 10.2 Å². The number of aromatic hydroxyl groups is 1. The topological polar surface area (TPSA) is 158 Å². The van der Waals surface area contributed by atoms with Gasteiger partial charge in [-0.25, -0.2) is 4.98 Å². The smallest absolute Gasteiger partial charge is 0.259 e. The summed E-state index contributed by atoms with van der Waals surface area (Å²) in [4.78, 5) is 30.7. The van der Waals surface area contributed by atoms with E-state index in [1.807, 2.05) is 30.3 Å². The summed E-state index contributed by atoms with van der Waals surface area (Å²) in [5, 5.41) is 40.3. The molecule has 2 heterocycles. The fourth-order valence-electron chi connectivity index (χ4n) is 4.50. The highest BCUT2D eigenvalue weighted by atomic mass is 16.3. The molecule has 0 bridgehead atoms. The van der Waals surface area contributed by atoms with Crippen LogP contribution >= 0.6 is 0 Å². The summed E-state index contributed by atoms with van der Waals surface area (Å²) in [5.41, 5.74) is 1.47. The molecule has 4 aromatic carbocycles. The molecule has 0 aliphatic heterocycles. The molecule has 3 N–H and O–H groups in total. The van der Waals surface area contributed by atoms with Gasteiger partial charge in [0.1, 0.15) is 17.3 Å². The van der Waals surface area contributed by atoms with Gasteiger partial charge < -0.3 is 15.7 Å². The van der Waals surface area contributed by atoms with E-state index in [0.717, 1.165) is 0 Å². The second-order valence-corrected chi connectivity index (χ2v) is 9.49. The summed E-state index contributed by atoms with van der Waals surface area (Å²) in [6.07, 6.45) is 2.91. The third-order valence-corrected chi connectivity index (χ3v) is 6.63. The number of rotatable bonds is 7. The number of para-hydroxylation sites is 2. The number of nitrogens with one attached hydrogen (secondary N) is 2. The lowest BCUT2D eigenvalue weighted by molar-refractivity contribution is 0.101. The van der Waals surface area contributed by atoms with E-state index in [9.17, 15) is 20.0 Å². The number of hydrogen-bond donors (Lipinski definition) is 3. The van der Waals surface area contributed by atoms with Crippen LogP contribution in [0.25, 0.3) is 16.6 Å². The van der Waals surface area contributed by atoms with E-state index in [1.54, 1.807) is 79.0 Å². The van der Waals surface area contributed by atoms with Crippen LogP contribution < -0.4 is 10.6 Å². The maximum absolute atomic E-state index is 13.4. The summed E-state index contributed by atoms with van der Waals surface area (Å²) in [6.45, 7) is 0. The van der Waals surface area contributed by atoms with Crippen molar-refractivity contribution in [2.75, 3.05) is 10.6 Å². The van der Waals surface area contributed by atoms with Gasteiger partial charge in [0, 0.05) is 28.5 Å². The standard InChI is InChI=1S/C33H22N8O3/c34-19-23-20-36-41(28-13-7-8-16-35-28)31(23)40-39-29-26-15-14-21(32(43)37-24-9-3-1-4-10-24)17-22(26)18-27(30(29)42)33(44)38-25-11-5-2-6-12-25/h1-18,20,42H,(H,37,43)(H,38,44). The number of nitriles is 1. The molecule has 11 nitrogen and oxygen atoms in total. The van der Waals surface area contributed by atoms with Gasteiger partial charge in [0.05, 0.1) is 11.8 Å². The maximum atomic E-state index is 13.4. The molecule has 44 heavy (non-hydrogen) atoms. The van der Waals surface area contributed by atoms with E-state index in [0.29, 0.717) is 33.5 Å². The average molecular weight is 579 g/mol. The quantitative estimate of drug-likeness (QED) is 0.175. The van der Waals surface area contributed by atoms with Gasteiger partial charge >= 0.3 is 0 Å². The number of anilines is 2. The van der Waals surface area contributed by atoms with Crippen LogP contribution in [-0.4, -0.2) is 31.7 Å². The van der Waals surface area contributed by atoms with Crippen LogP contribution in [0.1, 0.15) is 26.3 Å². The molecule has 0 spiro atoms. The Morgan fingerprint density at radius 1 is 0.818 bits per heavy atom. The van der Waals surface area contributed by atoms with E-state index in [1.165, 1.54) is 16.9 Å². The predicted molar refractivity (Wildman–Crippen MR) is 165 cm³/mol. The molecule has 0 fully saturated rings. The Labute approximate surface area is 250 Å². The van der Waals surface area contributed by atoms with E-state index in [4.69, 9.17) is 0 Å². The first kappa shape index (κ1) is 27.5. The highest BCUT2D eigenvalue weighted by Gasteiger charge is 2.21. The van der Waals surface area contributed by atoms with Crippen molar-refractivity contribution in [1.82, 2.24) is 14.8 Å². The molecule has 212 valence electrons. The lowest BCUT2D eigenvalue weighted by atomic mass is 10.0. The van der Waals surface area contributed by atoms with Gasteiger partial charge in [0.25, 0.3) is 11.8 Å². The summed E-state index contributed by atoms with van der Waals surface area (Å²) >= 11 is 0. The molecule has 6 rings (SSSR count). The predicted octanol–water partition coefficient (Wildman–Crippen LogP) is 6.92. The number of carbonyl (C=O) groups is 2. The van der Waals surface area contributed by atoms with Crippen LogP contribution in [0.15, 0.2) is 126 Å². The van der Waals surface area contributed by atoms with Crippen molar-refractivity contribution in [3.05, 3.63) is 132 Å². The molecule has 6 aromatic rings. The second-order valence-electron chi connectivity index (χ2n) is 9.49. The average Bonchev–Trinajstić information content (AvgIpc) is 3.48. The van der Waals surface area contributed by atoms with E-state index in [-0.39, 0.29) is 28.5 Å². The van der Waals surface area contributed by atoms with Gasteiger partial charge in [-0.15, -0.1) is 10.2 Å². The van der Waals surface area contributed by atoms with Crippen molar-refractivity contribution in [1.29, 1.82) is 5.26 Å². The zero-order valence-electron chi connectivity index (χ0n) is 22.9. The van der Waals surface area contributed by atoms with Crippen LogP contribution in [0.2, 0.25) is 0 Å². The number of aromatic nitrogens is 3. The van der Waals surface area contributed by atoms with Gasteiger partial charge in [-0.05, 0) is 60.0 Å². The lowest BCUT2D eigenvalue weighted by Gasteiger charge is -2.12. The Balaban J connectivity index is 1.46. The summed E-state index contributed by atoms with van der Waals surface area (Å²) < 4.78 is 1.35. The van der Waals surface area contributed by atoms with Gasteiger partial charge in [-0.3, -0.25) is 9.59 Å². The second kappa shape index (κ2) is 12.1. The molecular formula is C33H22N8O3. The third-order valence-electron chi connectivity index (χ3n) is 6.63. The number of fused-ring (bicyclic) bond motifs is 1. The van der Waals surface area contributed by atoms with Crippen molar-refractivity contribution in [3.63, 3.8) is 0 Å². The number of hydrogen-bond acceptors (Lipinski definition) is 8. The number of phenolic OH excluding ortho intramolecular Hbond substituents is 1. The molecule has 0 unspecified atom stereocenters. The molecule has 0 radical (unpaired) electrons. The molecule has 11 heteroatoms. The molecule has 2 aromatic heterocycles. The van der Waals surface area contributed by atoms with E-state index >= 15 is 0 Å². The Hall–Kier alpha value is -6.67. The highest BCUT2D eigenvalue weighted by molar-refractivity contribution is 6.13. The van der Waals surface area contributed by atoms with Gasteiger partial charge in [0.15, 0.2) is 17.4 Å². The minimum absolute atomic E-state index is 0.0339. The van der Waals surface area contributed by atoms with Crippen molar-refractivity contribution in [2.45, 2.75) is 0 Å². The number of nitrogens with zero attached hydrogens (tertiary/aromatic N) is 6. The van der Waals surface area contributed by atoms with Crippen LogP contribution in [-0.2, 0) is 0 Å². The largest absolute Gasteiger partial charge is 0.505 e. The Bertz CT molecular complexity index is 2070. The number of pyridine rings is 1. The normalized spacial score (nSPS) is 10.9.